The maximum Gasteiger partial charge on any atom is 0.270 e. The number of H-pyrrole nitrogens is 1. The highest BCUT2D eigenvalue weighted by molar-refractivity contribution is 7.98. The third kappa shape index (κ3) is 4.44. The number of methoxy groups -OCH3 is 1. The highest BCUT2D eigenvalue weighted by Crippen LogP contribution is 2.26. The number of hydrogen-bond acceptors (Lipinski definition) is 5. The Hall–Kier alpha value is -3.04. The van der Waals surface area contributed by atoms with Gasteiger partial charge in [0.05, 0.1) is 12.8 Å². The first-order valence-corrected chi connectivity index (χ1v) is 9.91. The Bertz CT molecular complexity index is 1050. The molecule has 3 rings (SSSR count). The average molecular weight is 391 g/mol. The monoisotopic (exact) mass is 391 g/mol. The van der Waals surface area contributed by atoms with Gasteiger partial charge in [0.1, 0.15) is 17.4 Å². The molecule has 0 unspecified atom stereocenters. The summed E-state index contributed by atoms with van der Waals surface area (Å²) in [7, 11) is 1.59. The lowest BCUT2D eigenvalue weighted by Crippen LogP contribution is -2.14. The van der Waals surface area contributed by atoms with Crippen molar-refractivity contribution < 1.29 is 4.74 Å². The number of aromatic amines is 1. The van der Waals surface area contributed by atoms with E-state index in [1.807, 2.05) is 6.07 Å². The summed E-state index contributed by atoms with van der Waals surface area (Å²) in [6.45, 7) is 4.33. The van der Waals surface area contributed by atoms with E-state index in [-0.39, 0.29) is 5.56 Å². The normalized spacial score (nSPS) is 10.7. The van der Waals surface area contributed by atoms with Gasteiger partial charge in [-0.15, -0.1) is 0 Å². The Morgan fingerprint density at radius 1 is 1.14 bits per heavy atom. The van der Waals surface area contributed by atoms with E-state index in [0.29, 0.717) is 33.8 Å². The molecule has 0 saturated carbocycles. The molecule has 0 bridgehead atoms. The quantitative estimate of drug-likeness (QED) is 0.485. The molecule has 2 aromatic carbocycles. The Morgan fingerprint density at radius 3 is 2.39 bits per heavy atom. The summed E-state index contributed by atoms with van der Waals surface area (Å²) in [5.41, 5.74) is 3.10. The lowest BCUT2D eigenvalue weighted by molar-refractivity contribution is 0.415. The second-order valence-electron chi connectivity index (χ2n) is 6.62. The maximum atomic E-state index is 12.4. The van der Waals surface area contributed by atoms with Gasteiger partial charge in [-0.05, 0) is 41.3 Å². The number of benzene rings is 2. The second kappa shape index (κ2) is 8.77. The van der Waals surface area contributed by atoms with Gasteiger partial charge in [-0.1, -0.05) is 49.9 Å². The maximum absolute atomic E-state index is 12.4. The molecule has 0 aliphatic rings. The van der Waals surface area contributed by atoms with E-state index in [1.165, 1.54) is 17.3 Å². The van der Waals surface area contributed by atoms with Crippen LogP contribution in [0.25, 0.3) is 11.3 Å². The molecule has 6 heteroatoms. The molecule has 3 aromatic rings. The Kier molecular flexibility index (Phi) is 6.17. The van der Waals surface area contributed by atoms with Crippen molar-refractivity contribution in [2.24, 2.45) is 0 Å². The third-order valence-electron chi connectivity index (χ3n) is 4.39. The van der Waals surface area contributed by atoms with Gasteiger partial charge >= 0.3 is 0 Å². The van der Waals surface area contributed by atoms with Gasteiger partial charge in [0.15, 0.2) is 5.16 Å². The molecule has 1 heterocycles. The molecule has 0 radical (unpaired) electrons. The van der Waals surface area contributed by atoms with Crippen molar-refractivity contribution in [2.75, 3.05) is 7.11 Å². The minimum atomic E-state index is -0.430. The van der Waals surface area contributed by atoms with Crippen molar-refractivity contribution in [1.82, 2.24) is 9.97 Å². The molecule has 28 heavy (non-hydrogen) atoms. The fourth-order valence-corrected chi connectivity index (χ4v) is 3.55. The van der Waals surface area contributed by atoms with Crippen LogP contribution >= 0.6 is 11.8 Å². The molecular formula is C22H21N3O2S. The molecule has 0 saturated heterocycles. The SMILES string of the molecule is COc1ccc(-c2nc(SCc3ccc(C(C)C)cc3)[nH]c(=O)c2C#N)cc1. The zero-order chi connectivity index (χ0) is 20.1. The number of nitriles is 1. The predicted octanol–water partition coefficient (Wildman–Crippen LogP) is 4.73. The Morgan fingerprint density at radius 2 is 1.82 bits per heavy atom. The van der Waals surface area contributed by atoms with Crippen LogP contribution in [0, 0.1) is 11.3 Å². The summed E-state index contributed by atoms with van der Waals surface area (Å²) in [6, 6.07) is 17.5. The van der Waals surface area contributed by atoms with Crippen molar-refractivity contribution >= 4 is 11.8 Å². The Labute approximate surface area is 168 Å². The first kappa shape index (κ1) is 19.7. The number of nitrogens with zero attached hydrogens (tertiary/aromatic N) is 2. The first-order chi connectivity index (χ1) is 13.5. The standard InChI is InChI=1S/C22H21N3O2S/c1-14(2)16-6-4-15(5-7-16)13-28-22-24-20(19(12-23)21(26)25-22)17-8-10-18(27-3)11-9-17/h4-11,14H,13H2,1-3H3,(H,24,25,26). The van der Waals surface area contributed by atoms with Crippen LogP contribution in [0.3, 0.4) is 0 Å². The molecule has 0 aliphatic carbocycles. The fourth-order valence-electron chi connectivity index (χ4n) is 2.73. The average Bonchev–Trinajstić information content (AvgIpc) is 2.72. The number of rotatable bonds is 6. The molecule has 0 atom stereocenters. The largest absolute Gasteiger partial charge is 0.497 e. The lowest BCUT2D eigenvalue weighted by Gasteiger charge is -2.08. The molecule has 0 fully saturated rings. The molecular weight excluding hydrogens is 370 g/mol. The van der Waals surface area contributed by atoms with Gasteiger partial charge in [0.25, 0.3) is 5.56 Å². The number of hydrogen-bond donors (Lipinski definition) is 1. The summed E-state index contributed by atoms with van der Waals surface area (Å²) in [5.74, 6) is 1.87. The number of ether oxygens (including phenoxy) is 1. The lowest BCUT2D eigenvalue weighted by atomic mass is 10.0. The summed E-state index contributed by atoms with van der Waals surface area (Å²) in [4.78, 5) is 19.6. The van der Waals surface area contributed by atoms with Gasteiger partial charge in [0, 0.05) is 11.3 Å². The van der Waals surface area contributed by atoms with E-state index in [9.17, 15) is 10.1 Å². The van der Waals surface area contributed by atoms with Crippen LogP contribution in [-0.2, 0) is 5.75 Å². The minimum Gasteiger partial charge on any atom is -0.497 e. The molecule has 0 amide bonds. The van der Waals surface area contributed by atoms with Crippen LogP contribution in [0.2, 0.25) is 0 Å². The second-order valence-corrected chi connectivity index (χ2v) is 7.58. The fraction of sp³-hybridized carbons (Fsp3) is 0.227. The van der Waals surface area contributed by atoms with Crippen molar-refractivity contribution in [3.63, 3.8) is 0 Å². The van der Waals surface area contributed by atoms with E-state index in [2.05, 4.69) is 48.1 Å². The highest BCUT2D eigenvalue weighted by Gasteiger charge is 2.14. The summed E-state index contributed by atoms with van der Waals surface area (Å²) < 4.78 is 5.16. The molecule has 5 nitrogen and oxygen atoms in total. The summed E-state index contributed by atoms with van der Waals surface area (Å²) in [6.07, 6.45) is 0. The number of nitrogens with one attached hydrogen (secondary N) is 1. The predicted molar refractivity (Wildman–Crippen MR) is 112 cm³/mol. The van der Waals surface area contributed by atoms with E-state index >= 15 is 0 Å². The molecule has 0 spiro atoms. The number of aromatic nitrogens is 2. The zero-order valence-corrected chi connectivity index (χ0v) is 16.8. The topological polar surface area (TPSA) is 78.8 Å². The van der Waals surface area contributed by atoms with Crippen LogP contribution in [0.4, 0.5) is 0 Å². The molecule has 142 valence electrons. The molecule has 0 aliphatic heterocycles. The van der Waals surface area contributed by atoms with Crippen LogP contribution in [0.5, 0.6) is 5.75 Å². The Balaban J connectivity index is 1.86. The van der Waals surface area contributed by atoms with Crippen molar-refractivity contribution in [1.29, 1.82) is 5.26 Å². The van der Waals surface area contributed by atoms with E-state index in [1.54, 1.807) is 31.4 Å². The third-order valence-corrected chi connectivity index (χ3v) is 5.34. The zero-order valence-electron chi connectivity index (χ0n) is 16.0. The van der Waals surface area contributed by atoms with E-state index < -0.39 is 5.56 Å². The van der Waals surface area contributed by atoms with Crippen molar-refractivity contribution in [3.8, 4) is 23.1 Å². The summed E-state index contributed by atoms with van der Waals surface area (Å²) in [5, 5.41) is 9.88. The van der Waals surface area contributed by atoms with Crippen LogP contribution < -0.4 is 10.3 Å². The van der Waals surface area contributed by atoms with Crippen LogP contribution in [0.1, 0.15) is 36.5 Å². The minimum absolute atomic E-state index is 0.0100. The molecule has 1 N–H and O–H groups in total. The van der Waals surface area contributed by atoms with E-state index in [0.717, 1.165) is 5.56 Å². The number of thioether (sulfide) groups is 1. The van der Waals surface area contributed by atoms with Gasteiger partial charge in [-0.2, -0.15) is 5.26 Å². The smallest absolute Gasteiger partial charge is 0.270 e. The van der Waals surface area contributed by atoms with Gasteiger partial charge < -0.3 is 9.72 Å². The van der Waals surface area contributed by atoms with Gasteiger partial charge in [-0.25, -0.2) is 4.98 Å². The van der Waals surface area contributed by atoms with Gasteiger partial charge in [0.2, 0.25) is 0 Å². The first-order valence-electron chi connectivity index (χ1n) is 8.92. The van der Waals surface area contributed by atoms with Gasteiger partial charge in [-0.3, -0.25) is 4.79 Å². The summed E-state index contributed by atoms with van der Waals surface area (Å²) >= 11 is 1.44. The van der Waals surface area contributed by atoms with Crippen molar-refractivity contribution in [2.45, 2.75) is 30.7 Å². The van der Waals surface area contributed by atoms with Crippen LogP contribution in [0.15, 0.2) is 58.5 Å². The highest BCUT2D eigenvalue weighted by atomic mass is 32.2. The van der Waals surface area contributed by atoms with E-state index in [4.69, 9.17) is 4.74 Å². The van der Waals surface area contributed by atoms with Crippen LogP contribution in [-0.4, -0.2) is 17.1 Å². The molecule has 1 aromatic heterocycles. The van der Waals surface area contributed by atoms with Crippen molar-refractivity contribution in [3.05, 3.63) is 75.6 Å².